The molecule has 0 aliphatic carbocycles. The van der Waals surface area contributed by atoms with Crippen LogP contribution in [-0.2, 0) is 6.54 Å². The summed E-state index contributed by atoms with van der Waals surface area (Å²) < 4.78 is 5.30. The topological polar surface area (TPSA) is 67.2 Å². The normalized spacial score (nSPS) is 11.2. The van der Waals surface area contributed by atoms with Gasteiger partial charge in [-0.25, -0.2) is 4.79 Å². The molecule has 0 fully saturated rings. The number of carbonyl (C=O) groups is 1. The lowest BCUT2D eigenvalue weighted by molar-refractivity contribution is 0.231. The van der Waals surface area contributed by atoms with E-state index in [0.29, 0.717) is 12.3 Å². The number of pyridine rings is 1. The van der Waals surface area contributed by atoms with Gasteiger partial charge in [-0.2, -0.15) is 0 Å². The van der Waals surface area contributed by atoms with Crippen molar-refractivity contribution in [3.05, 3.63) is 42.3 Å². The number of hydrogen-bond donors (Lipinski definition) is 2. The van der Waals surface area contributed by atoms with Gasteiger partial charge in [-0.05, 0) is 50.6 Å². The highest BCUT2D eigenvalue weighted by molar-refractivity contribution is 5.74. The fraction of sp³-hybridized carbons (Fsp3) is 0.333. The van der Waals surface area contributed by atoms with Gasteiger partial charge in [0.15, 0.2) is 5.76 Å². The van der Waals surface area contributed by atoms with Gasteiger partial charge in [-0.15, -0.1) is 0 Å². The van der Waals surface area contributed by atoms with E-state index in [9.17, 15) is 4.79 Å². The molecular weight excluding hydrogens is 254 g/mol. The van der Waals surface area contributed by atoms with Gasteiger partial charge in [0.05, 0.1) is 6.26 Å². The summed E-state index contributed by atoms with van der Waals surface area (Å²) in [6.07, 6.45) is 3.31. The number of amides is 2. The molecule has 20 heavy (non-hydrogen) atoms. The molecule has 0 saturated carbocycles. The van der Waals surface area contributed by atoms with Gasteiger partial charge in [0.25, 0.3) is 0 Å². The van der Waals surface area contributed by atoms with Gasteiger partial charge in [-0.1, -0.05) is 0 Å². The zero-order valence-electron chi connectivity index (χ0n) is 11.9. The van der Waals surface area contributed by atoms with Crippen LogP contribution in [0.1, 0.15) is 26.3 Å². The van der Waals surface area contributed by atoms with E-state index in [1.54, 1.807) is 12.5 Å². The highest BCUT2D eigenvalue weighted by Crippen LogP contribution is 2.17. The van der Waals surface area contributed by atoms with Crippen LogP contribution in [0.4, 0.5) is 4.79 Å². The quantitative estimate of drug-likeness (QED) is 0.903. The monoisotopic (exact) mass is 273 g/mol. The van der Waals surface area contributed by atoms with Crippen molar-refractivity contribution in [3.63, 3.8) is 0 Å². The Morgan fingerprint density at radius 1 is 1.35 bits per heavy atom. The Kier molecular flexibility index (Phi) is 4.08. The lowest BCUT2D eigenvalue weighted by atomic mass is 10.1. The Morgan fingerprint density at radius 2 is 2.15 bits per heavy atom. The molecule has 0 saturated heterocycles. The Morgan fingerprint density at radius 3 is 2.80 bits per heavy atom. The van der Waals surface area contributed by atoms with Crippen LogP contribution < -0.4 is 10.6 Å². The molecule has 2 rings (SSSR count). The van der Waals surface area contributed by atoms with Crippen molar-refractivity contribution in [2.45, 2.75) is 32.9 Å². The third kappa shape index (κ3) is 4.12. The number of carbonyl (C=O) groups excluding carboxylic acids is 1. The largest absolute Gasteiger partial charge is 0.463 e. The molecule has 0 spiro atoms. The van der Waals surface area contributed by atoms with E-state index < -0.39 is 0 Å². The summed E-state index contributed by atoms with van der Waals surface area (Å²) >= 11 is 0. The summed E-state index contributed by atoms with van der Waals surface area (Å²) in [6, 6.07) is 7.25. The number of furan rings is 1. The first-order chi connectivity index (χ1) is 9.44. The molecule has 5 heteroatoms. The number of aromatic nitrogens is 1. The first-order valence-corrected chi connectivity index (χ1v) is 6.49. The van der Waals surface area contributed by atoms with Crippen LogP contribution in [0.25, 0.3) is 11.5 Å². The molecule has 2 aromatic rings. The van der Waals surface area contributed by atoms with Crippen molar-refractivity contribution in [2.75, 3.05) is 0 Å². The zero-order chi connectivity index (χ0) is 14.6. The van der Waals surface area contributed by atoms with E-state index in [1.807, 2.05) is 45.0 Å². The first-order valence-electron chi connectivity index (χ1n) is 6.49. The van der Waals surface area contributed by atoms with Crippen LogP contribution >= 0.6 is 0 Å². The molecule has 0 atom stereocenters. The van der Waals surface area contributed by atoms with Crippen LogP contribution in [0.15, 0.2) is 41.1 Å². The molecule has 0 aliphatic rings. The number of urea groups is 1. The van der Waals surface area contributed by atoms with Crippen LogP contribution in [0.2, 0.25) is 0 Å². The summed E-state index contributed by atoms with van der Waals surface area (Å²) in [7, 11) is 0. The Labute approximate surface area is 118 Å². The third-order valence-electron chi connectivity index (χ3n) is 2.54. The van der Waals surface area contributed by atoms with Crippen molar-refractivity contribution in [1.29, 1.82) is 0 Å². The van der Waals surface area contributed by atoms with Crippen molar-refractivity contribution in [2.24, 2.45) is 0 Å². The molecular formula is C15H19N3O2. The van der Waals surface area contributed by atoms with Gasteiger partial charge in [0, 0.05) is 18.3 Å². The average molecular weight is 273 g/mol. The second-order valence-corrected chi connectivity index (χ2v) is 5.58. The van der Waals surface area contributed by atoms with Gasteiger partial charge in [0.2, 0.25) is 0 Å². The van der Waals surface area contributed by atoms with Gasteiger partial charge in [-0.3, -0.25) is 4.98 Å². The molecule has 2 N–H and O–H groups in total. The van der Waals surface area contributed by atoms with E-state index in [4.69, 9.17) is 4.42 Å². The molecule has 2 heterocycles. The molecule has 0 aromatic carbocycles. The van der Waals surface area contributed by atoms with E-state index in [0.717, 1.165) is 11.3 Å². The van der Waals surface area contributed by atoms with Crippen molar-refractivity contribution >= 4 is 6.03 Å². The molecule has 2 amide bonds. The number of rotatable bonds is 3. The van der Waals surface area contributed by atoms with Gasteiger partial charge >= 0.3 is 6.03 Å². The highest BCUT2D eigenvalue weighted by atomic mass is 16.3. The second-order valence-electron chi connectivity index (χ2n) is 5.58. The maximum absolute atomic E-state index is 11.7. The van der Waals surface area contributed by atoms with Crippen LogP contribution in [0.5, 0.6) is 0 Å². The van der Waals surface area contributed by atoms with Crippen molar-refractivity contribution < 1.29 is 9.21 Å². The molecule has 5 nitrogen and oxygen atoms in total. The summed E-state index contributed by atoms with van der Waals surface area (Å²) in [6.45, 7) is 6.26. The minimum absolute atomic E-state index is 0.186. The average Bonchev–Trinajstić information content (AvgIpc) is 2.88. The maximum Gasteiger partial charge on any atom is 0.315 e. The van der Waals surface area contributed by atoms with E-state index in [1.165, 1.54) is 0 Å². The molecule has 0 unspecified atom stereocenters. The fourth-order valence-corrected chi connectivity index (χ4v) is 1.71. The predicted octanol–water partition coefficient (Wildman–Crippen LogP) is 2.94. The van der Waals surface area contributed by atoms with Crippen LogP contribution in [0, 0.1) is 0 Å². The lowest BCUT2D eigenvalue weighted by Crippen LogP contribution is -2.46. The molecule has 106 valence electrons. The Balaban J connectivity index is 1.97. The van der Waals surface area contributed by atoms with Crippen LogP contribution in [0.3, 0.4) is 0 Å². The summed E-state index contributed by atoms with van der Waals surface area (Å²) in [4.78, 5) is 15.9. The highest BCUT2D eigenvalue weighted by Gasteiger charge is 2.13. The molecule has 0 bridgehead atoms. The first kappa shape index (κ1) is 14.1. The Bertz CT molecular complexity index is 571. The van der Waals surface area contributed by atoms with Crippen LogP contribution in [-0.4, -0.2) is 16.6 Å². The number of hydrogen-bond acceptors (Lipinski definition) is 3. The zero-order valence-corrected chi connectivity index (χ0v) is 11.9. The minimum Gasteiger partial charge on any atom is -0.463 e. The van der Waals surface area contributed by atoms with E-state index >= 15 is 0 Å². The van der Waals surface area contributed by atoms with Crippen molar-refractivity contribution in [1.82, 2.24) is 15.6 Å². The molecule has 0 aliphatic heterocycles. The SMILES string of the molecule is CC(C)(C)NC(=O)NCc1ccnc(-c2ccco2)c1. The summed E-state index contributed by atoms with van der Waals surface area (Å²) in [5.74, 6) is 0.714. The Hall–Kier alpha value is -2.30. The third-order valence-corrected chi connectivity index (χ3v) is 2.54. The maximum atomic E-state index is 11.7. The van der Waals surface area contributed by atoms with Gasteiger partial charge < -0.3 is 15.1 Å². The van der Waals surface area contributed by atoms with E-state index in [-0.39, 0.29) is 11.6 Å². The summed E-state index contributed by atoms with van der Waals surface area (Å²) in [5, 5.41) is 5.67. The smallest absolute Gasteiger partial charge is 0.315 e. The number of nitrogens with one attached hydrogen (secondary N) is 2. The lowest BCUT2D eigenvalue weighted by Gasteiger charge is -2.20. The number of nitrogens with zero attached hydrogens (tertiary/aromatic N) is 1. The molecule has 2 aromatic heterocycles. The van der Waals surface area contributed by atoms with Crippen molar-refractivity contribution in [3.8, 4) is 11.5 Å². The fourth-order valence-electron chi connectivity index (χ4n) is 1.71. The minimum atomic E-state index is -0.248. The van der Waals surface area contributed by atoms with E-state index in [2.05, 4.69) is 15.6 Å². The second kappa shape index (κ2) is 5.77. The summed E-state index contributed by atoms with van der Waals surface area (Å²) in [5.41, 5.74) is 1.47. The molecule has 0 radical (unpaired) electrons. The predicted molar refractivity (Wildman–Crippen MR) is 77.1 cm³/mol. The van der Waals surface area contributed by atoms with Gasteiger partial charge in [0.1, 0.15) is 5.69 Å². The standard InChI is InChI=1S/C15H19N3O2/c1-15(2,3)18-14(19)17-10-11-6-7-16-12(9-11)13-5-4-8-20-13/h4-9H,10H2,1-3H3,(H2,17,18,19).